The molecule has 0 saturated heterocycles. The van der Waals surface area contributed by atoms with Gasteiger partial charge in [-0.05, 0) is 31.1 Å². The molecule has 0 aromatic carbocycles. The minimum absolute atomic E-state index is 0.0625. The zero-order valence-electron chi connectivity index (χ0n) is 44.6. The number of hydrogen-bond acceptors (Lipinski definition) is 6. The van der Waals surface area contributed by atoms with Crippen molar-refractivity contribution in [2.75, 3.05) is 13.2 Å². The molecule has 0 heterocycles. The van der Waals surface area contributed by atoms with E-state index in [1.807, 2.05) is 0 Å². The lowest BCUT2D eigenvalue weighted by atomic mass is 10.0. The van der Waals surface area contributed by atoms with E-state index in [0.717, 1.165) is 69.6 Å². The summed E-state index contributed by atoms with van der Waals surface area (Å²) in [4.78, 5) is 38.1. The third-order valence-electron chi connectivity index (χ3n) is 13.5. The molecule has 0 aliphatic heterocycles. The number of carbonyl (C=O) groups is 3. The SMILES string of the molecule is CCCCCCCCCCCCC(=O)OC[C@H](COC(=O)CCCCCCCCCCCCCCCCCC(C)C)OC(=O)CCCCCCCCCCCCCCCCCCC(C)C. The molecule has 6 heteroatoms. The molecule has 0 radical (unpaired) electrons. The molecule has 0 fully saturated rings. The van der Waals surface area contributed by atoms with Crippen LogP contribution in [0, 0.1) is 11.8 Å². The van der Waals surface area contributed by atoms with E-state index in [1.165, 1.54) is 218 Å². The molecule has 0 amide bonds. The van der Waals surface area contributed by atoms with Crippen LogP contribution in [0.15, 0.2) is 0 Å². The molecule has 386 valence electrons. The minimum atomic E-state index is -0.762. The molecule has 0 rings (SSSR count). The summed E-state index contributed by atoms with van der Waals surface area (Å²) in [5, 5.41) is 0. The van der Waals surface area contributed by atoms with Crippen molar-refractivity contribution in [1.29, 1.82) is 0 Å². The van der Waals surface area contributed by atoms with Crippen molar-refractivity contribution in [2.24, 2.45) is 11.8 Å². The van der Waals surface area contributed by atoms with E-state index in [2.05, 4.69) is 34.6 Å². The second kappa shape index (κ2) is 51.8. The maximum Gasteiger partial charge on any atom is 0.306 e. The molecular formula is C59H114O6. The summed E-state index contributed by atoms with van der Waals surface area (Å²) in [5.41, 5.74) is 0. The van der Waals surface area contributed by atoms with Gasteiger partial charge in [-0.15, -0.1) is 0 Å². The average molecular weight is 920 g/mol. The minimum Gasteiger partial charge on any atom is -0.462 e. The number of hydrogen-bond donors (Lipinski definition) is 0. The number of esters is 3. The lowest BCUT2D eigenvalue weighted by molar-refractivity contribution is -0.167. The van der Waals surface area contributed by atoms with Gasteiger partial charge in [-0.25, -0.2) is 0 Å². The van der Waals surface area contributed by atoms with E-state index in [-0.39, 0.29) is 31.1 Å². The van der Waals surface area contributed by atoms with Crippen molar-refractivity contribution in [3.63, 3.8) is 0 Å². The summed E-state index contributed by atoms with van der Waals surface area (Å²) in [7, 11) is 0. The van der Waals surface area contributed by atoms with Gasteiger partial charge in [-0.2, -0.15) is 0 Å². The Labute approximate surface area is 406 Å². The van der Waals surface area contributed by atoms with Crippen LogP contribution in [0.2, 0.25) is 0 Å². The zero-order valence-corrected chi connectivity index (χ0v) is 44.6. The molecule has 0 N–H and O–H groups in total. The zero-order chi connectivity index (χ0) is 47.5. The van der Waals surface area contributed by atoms with Crippen molar-refractivity contribution < 1.29 is 28.6 Å². The van der Waals surface area contributed by atoms with Crippen molar-refractivity contribution in [1.82, 2.24) is 0 Å². The van der Waals surface area contributed by atoms with Crippen LogP contribution < -0.4 is 0 Å². The molecule has 0 aromatic heterocycles. The van der Waals surface area contributed by atoms with Crippen LogP contribution >= 0.6 is 0 Å². The van der Waals surface area contributed by atoms with E-state index in [0.29, 0.717) is 19.3 Å². The van der Waals surface area contributed by atoms with E-state index in [1.54, 1.807) is 0 Å². The maximum absolute atomic E-state index is 12.8. The van der Waals surface area contributed by atoms with Gasteiger partial charge in [0.2, 0.25) is 0 Å². The second-order valence-electron chi connectivity index (χ2n) is 21.2. The summed E-state index contributed by atoms with van der Waals surface area (Å²) < 4.78 is 16.9. The van der Waals surface area contributed by atoms with Crippen LogP contribution in [0.5, 0.6) is 0 Å². The predicted molar refractivity (Wildman–Crippen MR) is 280 cm³/mol. The number of ether oxygens (including phenoxy) is 3. The Morgan fingerprint density at radius 3 is 0.754 bits per heavy atom. The van der Waals surface area contributed by atoms with Crippen molar-refractivity contribution in [3.8, 4) is 0 Å². The molecule has 0 aliphatic rings. The van der Waals surface area contributed by atoms with Crippen LogP contribution in [-0.2, 0) is 28.6 Å². The van der Waals surface area contributed by atoms with Gasteiger partial charge in [0.25, 0.3) is 0 Å². The van der Waals surface area contributed by atoms with Gasteiger partial charge in [0.05, 0.1) is 0 Å². The number of unbranched alkanes of at least 4 members (excludes halogenated alkanes) is 38. The predicted octanol–water partition coefficient (Wildman–Crippen LogP) is 19.3. The molecule has 0 spiro atoms. The Morgan fingerprint density at radius 1 is 0.292 bits per heavy atom. The quantitative estimate of drug-likeness (QED) is 0.0344. The first-order valence-corrected chi connectivity index (χ1v) is 29.2. The molecular weight excluding hydrogens is 805 g/mol. The van der Waals surface area contributed by atoms with Crippen molar-refractivity contribution in [2.45, 2.75) is 336 Å². The Morgan fingerprint density at radius 2 is 0.508 bits per heavy atom. The van der Waals surface area contributed by atoms with Gasteiger partial charge in [0, 0.05) is 19.3 Å². The first-order valence-electron chi connectivity index (χ1n) is 29.2. The fourth-order valence-electron chi connectivity index (χ4n) is 9.05. The van der Waals surface area contributed by atoms with E-state index in [9.17, 15) is 14.4 Å². The maximum atomic E-state index is 12.8. The first-order chi connectivity index (χ1) is 31.7. The summed E-state index contributed by atoms with van der Waals surface area (Å²) in [6, 6.07) is 0. The highest BCUT2D eigenvalue weighted by atomic mass is 16.6. The van der Waals surface area contributed by atoms with E-state index in [4.69, 9.17) is 14.2 Å². The molecule has 0 saturated carbocycles. The molecule has 0 aromatic rings. The summed E-state index contributed by atoms with van der Waals surface area (Å²) in [6.07, 6.45) is 55.3. The van der Waals surface area contributed by atoms with Gasteiger partial charge >= 0.3 is 17.9 Å². The standard InChI is InChI=1S/C59H114O6/c1-6-7-8-9-10-11-29-34-39-44-49-57(60)63-52-56(53-64-58(61)50-45-40-35-30-25-21-18-14-16-20-24-28-33-38-43-48-55(4)5)65-59(62)51-46-41-36-31-26-22-17-13-12-15-19-23-27-32-37-42-47-54(2)3/h54-56H,6-53H2,1-5H3/t56-/m1/s1. The van der Waals surface area contributed by atoms with Crippen molar-refractivity contribution >= 4 is 17.9 Å². The molecule has 0 bridgehead atoms. The van der Waals surface area contributed by atoms with Crippen molar-refractivity contribution in [3.05, 3.63) is 0 Å². The molecule has 6 nitrogen and oxygen atoms in total. The average Bonchev–Trinajstić information content (AvgIpc) is 3.28. The molecule has 0 unspecified atom stereocenters. The van der Waals surface area contributed by atoms with Crippen LogP contribution in [0.4, 0.5) is 0 Å². The van der Waals surface area contributed by atoms with Gasteiger partial charge in [-0.3, -0.25) is 14.4 Å². The lowest BCUT2D eigenvalue weighted by Crippen LogP contribution is -2.30. The topological polar surface area (TPSA) is 78.9 Å². The smallest absolute Gasteiger partial charge is 0.306 e. The van der Waals surface area contributed by atoms with Gasteiger partial charge in [0.15, 0.2) is 6.10 Å². The first kappa shape index (κ1) is 63.4. The van der Waals surface area contributed by atoms with Crippen LogP contribution in [-0.4, -0.2) is 37.2 Å². The largest absolute Gasteiger partial charge is 0.462 e. The highest BCUT2D eigenvalue weighted by molar-refractivity contribution is 5.71. The number of carbonyl (C=O) groups excluding carboxylic acids is 3. The normalized spacial score (nSPS) is 12.0. The van der Waals surface area contributed by atoms with Crippen LogP contribution in [0.1, 0.15) is 330 Å². The Balaban J connectivity index is 4.23. The molecule has 1 atom stereocenters. The third-order valence-corrected chi connectivity index (χ3v) is 13.5. The van der Waals surface area contributed by atoms with E-state index < -0.39 is 6.10 Å². The fourth-order valence-corrected chi connectivity index (χ4v) is 9.05. The third kappa shape index (κ3) is 53.2. The molecule has 65 heavy (non-hydrogen) atoms. The van der Waals surface area contributed by atoms with Gasteiger partial charge in [-0.1, -0.05) is 291 Å². The van der Waals surface area contributed by atoms with Gasteiger partial charge in [0.1, 0.15) is 13.2 Å². The summed E-state index contributed by atoms with van der Waals surface area (Å²) in [5.74, 6) is 0.861. The van der Waals surface area contributed by atoms with E-state index >= 15 is 0 Å². The highest BCUT2D eigenvalue weighted by Gasteiger charge is 2.19. The summed E-state index contributed by atoms with van der Waals surface area (Å²) in [6.45, 7) is 11.4. The Bertz CT molecular complexity index is 993. The summed E-state index contributed by atoms with van der Waals surface area (Å²) >= 11 is 0. The Kier molecular flexibility index (Phi) is 50.5. The lowest BCUT2D eigenvalue weighted by Gasteiger charge is -2.18. The van der Waals surface area contributed by atoms with Gasteiger partial charge < -0.3 is 14.2 Å². The fraction of sp³-hybridized carbons (Fsp3) is 0.949. The van der Waals surface area contributed by atoms with Crippen LogP contribution in [0.3, 0.4) is 0 Å². The molecule has 0 aliphatic carbocycles. The van der Waals surface area contributed by atoms with Crippen LogP contribution in [0.25, 0.3) is 0 Å². The second-order valence-corrected chi connectivity index (χ2v) is 21.2. The number of rotatable bonds is 53. The highest BCUT2D eigenvalue weighted by Crippen LogP contribution is 2.18. The monoisotopic (exact) mass is 919 g/mol. The Hall–Kier alpha value is -1.59.